The van der Waals surface area contributed by atoms with Gasteiger partial charge >= 0.3 is 0 Å². The van der Waals surface area contributed by atoms with E-state index in [1.807, 2.05) is 0 Å². The highest BCUT2D eigenvalue weighted by atomic mass is 15.1. The summed E-state index contributed by atoms with van der Waals surface area (Å²) in [4.78, 5) is 2.28. The van der Waals surface area contributed by atoms with E-state index in [2.05, 4.69) is 71.0 Å². The van der Waals surface area contributed by atoms with Crippen LogP contribution < -0.4 is 0 Å². The van der Waals surface area contributed by atoms with Crippen LogP contribution in [-0.2, 0) is 0 Å². The topological polar surface area (TPSA) is 3.24 Å². The van der Waals surface area contributed by atoms with Crippen molar-refractivity contribution < 1.29 is 0 Å². The van der Waals surface area contributed by atoms with Gasteiger partial charge in [-0.1, -0.05) is 52.0 Å². The molecule has 15 heavy (non-hydrogen) atoms. The zero-order chi connectivity index (χ0) is 11.7. The van der Waals surface area contributed by atoms with E-state index < -0.39 is 0 Å². The smallest absolute Gasteiger partial charge is 0.00325 e. The second-order valence-corrected chi connectivity index (χ2v) is 6.27. The van der Waals surface area contributed by atoms with E-state index in [4.69, 9.17) is 0 Å². The van der Waals surface area contributed by atoms with Gasteiger partial charge in [0, 0.05) is 6.54 Å². The Labute approximate surface area is 94.9 Å². The van der Waals surface area contributed by atoms with Crippen molar-refractivity contribution >= 4 is 0 Å². The van der Waals surface area contributed by atoms with Crippen LogP contribution in [0, 0.1) is 16.7 Å². The zero-order valence-electron chi connectivity index (χ0n) is 11.0. The molecule has 0 aliphatic heterocycles. The van der Waals surface area contributed by atoms with Crippen LogP contribution in [0.15, 0.2) is 24.3 Å². The molecule has 0 heterocycles. The van der Waals surface area contributed by atoms with Crippen molar-refractivity contribution in [2.45, 2.75) is 27.7 Å². The van der Waals surface area contributed by atoms with Gasteiger partial charge in [-0.15, -0.1) is 0 Å². The molecule has 0 radical (unpaired) electrons. The fourth-order valence-corrected chi connectivity index (χ4v) is 3.01. The van der Waals surface area contributed by atoms with Crippen LogP contribution in [0.2, 0.25) is 0 Å². The molecule has 0 N–H and O–H groups in total. The van der Waals surface area contributed by atoms with Gasteiger partial charge < -0.3 is 4.90 Å². The molecule has 0 aromatic heterocycles. The minimum absolute atomic E-state index is 0.272. The third-order valence-electron chi connectivity index (χ3n) is 3.31. The second kappa shape index (κ2) is 4.13. The molecule has 1 heteroatoms. The Morgan fingerprint density at radius 1 is 1.20 bits per heavy atom. The molecule has 0 bridgehead atoms. The van der Waals surface area contributed by atoms with Crippen molar-refractivity contribution in [3.05, 3.63) is 24.3 Å². The Bertz CT molecular complexity index is 269. The number of hydrogen-bond donors (Lipinski definition) is 0. The van der Waals surface area contributed by atoms with Gasteiger partial charge in [-0.3, -0.25) is 0 Å². The molecule has 1 aliphatic rings. The van der Waals surface area contributed by atoms with E-state index >= 15 is 0 Å². The van der Waals surface area contributed by atoms with Crippen molar-refractivity contribution in [3.8, 4) is 0 Å². The summed E-state index contributed by atoms with van der Waals surface area (Å²) in [5.41, 5.74) is 0.586. The van der Waals surface area contributed by atoms with E-state index in [-0.39, 0.29) is 5.41 Å². The molecule has 0 aromatic carbocycles. The molecule has 1 atom stereocenters. The number of rotatable bonds is 3. The first-order valence-corrected chi connectivity index (χ1v) is 5.76. The average Bonchev–Trinajstić information content (AvgIpc) is 1.99. The maximum absolute atomic E-state index is 2.36. The van der Waals surface area contributed by atoms with Crippen LogP contribution in [0.4, 0.5) is 0 Å². The van der Waals surface area contributed by atoms with Crippen molar-refractivity contribution in [3.63, 3.8) is 0 Å². The predicted octanol–water partition coefficient (Wildman–Crippen LogP) is 3.34. The second-order valence-electron chi connectivity index (χ2n) is 6.27. The van der Waals surface area contributed by atoms with E-state index in [0.29, 0.717) is 11.3 Å². The predicted molar refractivity (Wildman–Crippen MR) is 67.9 cm³/mol. The maximum atomic E-state index is 2.36. The molecule has 0 saturated heterocycles. The standard InChI is InChI=1S/C14H25N/c1-13(2)10-8-7-9-12(13)14(3,4)11-15(5)6/h7-10,12H,11H2,1-6H3. The highest BCUT2D eigenvalue weighted by molar-refractivity contribution is 5.20. The van der Waals surface area contributed by atoms with Gasteiger partial charge in [-0.25, -0.2) is 0 Å². The van der Waals surface area contributed by atoms with Gasteiger partial charge in [0.05, 0.1) is 0 Å². The van der Waals surface area contributed by atoms with Crippen LogP contribution in [-0.4, -0.2) is 25.5 Å². The lowest BCUT2D eigenvalue weighted by atomic mass is 9.63. The Kier molecular flexibility index (Phi) is 3.44. The summed E-state index contributed by atoms with van der Waals surface area (Å²) in [5, 5.41) is 0. The lowest BCUT2D eigenvalue weighted by molar-refractivity contribution is 0.113. The number of nitrogens with zero attached hydrogens (tertiary/aromatic N) is 1. The fraction of sp³-hybridized carbons (Fsp3) is 0.714. The van der Waals surface area contributed by atoms with Crippen LogP contribution in [0.1, 0.15) is 27.7 Å². The maximum Gasteiger partial charge on any atom is 0.00325 e. The summed E-state index contributed by atoms with van der Waals surface area (Å²) in [7, 11) is 4.30. The molecule has 1 aliphatic carbocycles. The van der Waals surface area contributed by atoms with E-state index in [1.165, 1.54) is 0 Å². The highest BCUT2D eigenvalue weighted by Crippen LogP contribution is 2.44. The normalized spacial score (nSPS) is 24.9. The lowest BCUT2D eigenvalue weighted by Gasteiger charge is -2.44. The molecular formula is C14H25N. The summed E-state index contributed by atoms with van der Waals surface area (Å²) in [5.74, 6) is 0.609. The highest BCUT2D eigenvalue weighted by Gasteiger charge is 2.38. The molecule has 0 saturated carbocycles. The van der Waals surface area contributed by atoms with E-state index in [9.17, 15) is 0 Å². The Hall–Kier alpha value is -0.560. The molecule has 1 unspecified atom stereocenters. The summed E-state index contributed by atoms with van der Waals surface area (Å²) in [6.07, 6.45) is 9.05. The largest absolute Gasteiger partial charge is 0.309 e. The Balaban J connectivity index is 2.86. The van der Waals surface area contributed by atoms with Gasteiger partial charge in [0.2, 0.25) is 0 Å². The van der Waals surface area contributed by atoms with E-state index in [1.54, 1.807) is 0 Å². The zero-order valence-corrected chi connectivity index (χ0v) is 11.0. The first-order valence-electron chi connectivity index (χ1n) is 5.76. The molecule has 0 fully saturated rings. The van der Waals surface area contributed by atoms with Crippen molar-refractivity contribution in [2.75, 3.05) is 20.6 Å². The monoisotopic (exact) mass is 207 g/mol. The molecule has 86 valence electrons. The van der Waals surface area contributed by atoms with Gasteiger partial charge in [-0.05, 0) is 30.8 Å². The lowest BCUT2D eigenvalue weighted by Crippen LogP contribution is -2.41. The molecule has 1 nitrogen and oxygen atoms in total. The summed E-state index contributed by atoms with van der Waals surface area (Å²) in [6, 6.07) is 0. The van der Waals surface area contributed by atoms with Crippen LogP contribution in [0.25, 0.3) is 0 Å². The number of allylic oxidation sites excluding steroid dienone is 4. The van der Waals surface area contributed by atoms with Gasteiger partial charge in [-0.2, -0.15) is 0 Å². The van der Waals surface area contributed by atoms with Crippen LogP contribution in [0.3, 0.4) is 0 Å². The first kappa shape index (κ1) is 12.5. The van der Waals surface area contributed by atoms with Crippen LogP contribution in [0.5, 0.6) is 0 Å². The van der Waals surface area contributed by atoms with E-state index in [0.717, 1.165) is 6.54 Å². The van der Waals surface area contributed by atoms with Crippen LogP contribution >= 0.6 is 0 Å². The summed E-state index contributed by atoms with van der Waals surface area (Å²) < 4.78 is 0. The van der Waals surface area contributed by atoms with Crippen molar-refractivity contribution in [1.29, 1.82) is 0 Å². The van der Waals surface area contributed by atoms with Gasteiger partial charge in [0.1, 0.15) is 0 Å². The average molecular weight is 207 g/mol. The third-order valence-corrected chi connectivity index (χ3v) is 3.31. The quantitative estimate of drug-likeness (QED) is 0.686. The minimum atomic E-state index is 0.272. The molecule has 1 rings (SSSR count). The number of hydrogen-bond acceptors (Lipinski definition) is 1. The summed E-state index contributed by atoms with van der Waals surface area (Å²) >= 11 is 0. The fourth-order valence-electron chi connectivity index (χ4n) is 3.01. The SMILES string of the molecule is CN(C)CC(C)(C)C1C=CC=CC1(C)C. The molecule has 0 spiro atoms. The van der Waals surface area contributed by atoms with Gasteiger partial charge in [0.15, 0.2) is 0 Å². The molecule has 0 aromatic rings. The van der Waals surface area contributed by atoms with Crippen molar-refractivity contribution in [1.82, 2.24) is 4.90 Å². The summed E-state index contributed by atoms with van der Waals surface area (Å²) in [6.45, 7) is 10.5. The van der Waals surface area contributed by atoms with Gasteiger partial charge in [0.25, 0.3) is 0 Å². The van der Waals surface area contributed by atoms with Crippen molar-refractivity contribution in [2.24, 2.45) is 16.7 Å². The molecular weight excluding hydrogens is 182 g/mol. The molecule has 0 amide bonds. The first-order chi connectivity index (χ1) is 6.76. The minimum Gasteiger partial charge on any atom is -0.309 e. The third kappa shape index (κ3) is 2.94. The Morgan fingerprint density at radius 2 is 1.80 bits per heavy atom. The Morgan fingerprint density at radius 3 is 2.27 bits per heavy atom.